The molecule has 0 unspecified atom stereocenters. The Bertz CT molecular complexity index is 536. The smallest absolute Gasteiger partial charge is 0.116 e. The number of rotatable bonds is 0. The van der Waals surface area contributed by atoms with E-state index < -0.39 is 0 Å². The Kier molecular flexibility index (Phi) is 20.3. The van der Waals surface area contributed by atoms with E-state index in [9.17, 15) is 5.11 Å². The van der Waals surface area contributed by atoms with E-state index in [1.54, 1.807) is 0 Å². The minimum Gasteiger partial charge on any atom is -0.508 e. The van der Waals surface area contributed by atoms with Crippen LogP contribution in [0.4, 0.5) is 0 Å². The largest absolute Gasteiger partial charge is 0.508 e. The first-order valence-corrected chi connectivity index (χ1v) is 11.1. The maximum Gasteiger partial charge on any atom is 0.116 e. The van der Waals surface area contributed by atoms with Gasteiger partial charge in [0.2, 0.25) is 0 Å². The maximum absolute atomic E-state index is 9.72. The van der Waals surface area contributed by atoms with Crippen LogP contribution in [0.3, 0.4) is 0 Å². The number of aromatic hydroxyl groups is 1. The summed E-state index contributed by atoms with van der Waals surface area (Å²) < 4.78 is 0. The van der Waals surface area contributed by atoms with Gasteiger partial charge in [0, 0.05) is 31.2 Å². The number of phenols is 1. The third-order valence-electron chi connectivity index (χ3n) is 3.52. The average Bonchev–Trinajstić information content (AvgIpc) is 2.89. The van der Waals surface area contributed by atoms with E-state index >= 15 is 0 Å². The summed E-state index contributed by atoms with van der Waals surface area (Å²) in [6.45, 7) is 19.4. The van der Waals surface area contributed by atoms with E-state index in [4.69, 9.17) is 0 Å². The standard InChI is InChI=1S/C14H22O.C6H7.C2H7Si.2ClH.Ti/c1-13(2,3)10-7-11(14(4,5)6)9-12(15)8-10;1-6-4-2-3-5-6;1-3-2;;;/h7-9,15H,1-6H3;2,4H,3H2,1H3;3H,1-2H3;2*1H;/q;-1;;;;. The van der Waals surface area contributed by atoms with Crippen molar-refractivity contribution in [1.82, 2.24) is 0 Å². The Balaban J connectivity index is -0.000000186. The van der Waals surface area contributed by atoms with Gasteiger partial charge in [-0.2, -0.15) is 6.08 Å². The van der Waals surface area contributed by atoms with E-state index in [-0.39, 0.29) is 57.4 Å². The van der Waals surface area contributed by atoms with Crippen molar-refractivity contribution in [2.24, 2.45) is 0 Å². The fourth-order valence-corrected chi connectivity index (χ4v) is 1.99. The van der Waals surface area contributed by atoms with Crippen LogP contribution < -0.4 is 0 Å². The van der Waals surface area contributed by atoms with Crippen LogP contribution in [0.5, 0.6) is 5.75 Å². The van der Waals surface area contributed by atoms with Crippen molar-refractivity contribution in [3.05, 3.63) is 53.1 Å². The number of benzene rings is 1. The number of hydrogen-bond acceptors (Lipinski definition) is 1. The van der Waals surface area contributed by atoms with Gasteiger partial charge in [-0.15, -0.1) is 31.2 Å². The first kappa shape index (κ1) is 34.5. The van der Waals surface area contributed by atoms with Crippen LogP contribution in [-0.4, -0.2) is 14.6 Å². The van der Waals surface area contributed by atoms with Gasteiger partial charge in [-0.05, 0) is 34.1 Å². The van der Waals surface area contributed by atoms with Gasteiger partial charge in [0.05, 0.1) is 0 Å². The summed E-state index contributed by atoms with van der Waals surface area (Å²) in [6, 6.07) is 5.91. The minimum atomic E-state index is 0. The fraction of sp³-hybridized carbons (Fsp3) is 0.545. The molecule has 0 spiro atoms. The second kappa shape index (κ2) is 15.9. The molecule has 0 heterocycles. The molecule has 1 nitrogen and oxygen atoms in total. The van der Waals surface area contributed by atoms with E-state index in [2.05, 4.69) is 85.9 Å². The van der Waals surface area contributed by atoms with Crippen LogP contribution in [0.1, 0.15) is 66.0 Å². The summed E-state index contributed by atoms with van der Waals surface area (Å²) >= 11 is 0. The number of phenolic OH excluding ortho intramolecular Hbond substituents is 1. The van der Waals surface area contributed by atoms with Crippen molar-refractivity contribution in [2.75, 3.05) is 0 Å². The first-order valence-electron chi connectivity index (χ1n) is 8.74. The molecule has 1 radical (unpaired) electrons. The first-order chi connectivity index (χ1) is 10.9. The average molecular weight is 465 g/mol. The normalized spacial score (nSPS) is 12.0. The zero-order valence-corrected chi connectivity index (χ0v) is 22.8. The molecule has 5 heteroatoms. The molecule has 0 fully saturated rings. The van der Waals surface area contributed by atoms with Crippen LogP contribution in [0, 0.1) is 6.08 Å². The molecule has 0 amide bonds. The molecular formula is C22H38Cl2OSiTi-. The van der Waals surface area contributed by atoms with Gasteiger partial charge < -0.3 is 5.11 Å². The van der Waals surface area contributed by atoms with Crippen LogP contribution in [0.25, 0.3) is 0 Å². The van der Waals surface area contributed by atoms with Crippen molar-refractivity contribution in [3.63, 3.8) is 0 Å². The molecule has 0 bridgehead atoms. The molecule has 27 heavy (non-hydrogen) atoms. The summed E-state index contributed by atoms with van der Waals surface area (Å²) in [4.78, 5) is 0. The zero-order valence-electron chi connectivity index (χ0n) is 18.4. The van der Waals surface area contributed by atoms with Crippen molar-refractivity contribution in [1.29, 1.82) is 0 Å². The molecule has 0 saturated heterocycles. The molecule has 1 N–H and O–H groups in total. The molecule has 1 aromatic rings. The molecule has 0 atom stereocenters. The number of halogens is 2. The van der Waals surface area contributed by atoms with Crippen LogP contribution in [-0.2, 0) is 32.5 Å². The van der Waals surface area contributed by atoms with Gasteiger partial charge in [-0.25, -0.2) is 11.6 Å². The van der Waals surface area contributed by atoms with E-state index in [1.807, 2.05) is 12.1 Å². The fourth-order valence-electron chi connectivity index (χ4n) is 1.99. The second-order valence-corrected chi connectivity index (χ2v) is 9.47. The van der Waals surface area contributed by atoms with Gasteiger partial charge in [-0.3, -0.25) is 6.08 Å². The van der Waals surface area contributed by atoms with Crippen LogP contribution in [0.2, 0.25) is 13.1 Å². The number of hydrogen-bond donors (Lipinski definition) is 1. The Hall–Kier alpha value is 0.0112. The van der Waals surface area contributed by atoms with Crippen LogP contribution >= 0.6 is 24.8 Å². The molecule has 1 aliphatic rings. The van der Waals surface area contributed by atoms with Gasteiger partial charge in [0.15, 0.2) is 0 Å². The SMILES string of the molecule is CC(C)(C)c1cc(O)cc(C(C)(C)C)c1.CC1=[C-]CC=C1.C[SiH]C.Cl.Cl.[Ti]. The molecule has 155 valence electrons. The molecule has 1 aliphatic carbocycles. The van der Waals surface area contributed by atoms with E-state index in [0.29, 0.717) is 5.75 Å². The Morgan fingerprint density at radius 2 is 1.26 bits per heavy atom. The molecule has 0 aliphatic heterocycles. The van der Waals surface area contributed by atoms with E-state index in [1.165, 1.54) is 16.7 Å². The van der Waals surface area contributed by atoms with Crippen molar-refractivity contribution in [2.45, 2.75) is 78.8 Å². The third-order valence-corrected chi connectivity index (χ3v) is 3.52. The topological polar surface area (TPSA) is 20.2 Å². The van der Waals surface area contributed by atoms with Crippen molar-refractivity contribution in [3.8, 4) is 5.75 Å². The Morgan fingerprint density at radius 1 is 0.889 bits per heavy atom. The summed E-state index contributed by atoms with van der Waals surface area (Å²) in [5, 5.41) is 9.72. The predicted molar refractivity (Wildman–Crippen MR) is 125 cm³/mol. The van der Waals surface area contributed by atoms with E-state index in [0.717, 1.165) is 15.9 Å². The van der Waals surface area contributed by atoms with Gasteiger partial charge in [0.25, 0.3) is 0 Å². The summed E-state index contributed by atoms with van der Waals surface area (Å²) in [6.07, 6.45) is 8.33. The minimum absolute atomic E-state index is 0. The molecular weight excluding hydrogens is 427 g/mol. The maximum atomic E-state index is 9.72. The van der Waals surface area contributed by atoms with Gasteiger partial charge >= 0.3 is 0 Å². The Morgan fingerprint density at radius 3 is 1.44 bits per heavy atom. The van der Waals surface area contributed by atoms with Gasteiger partial charge in [-0.1, -0.05) is 67.6 Å². The predicted octanol–water partition coefficient (Wildman–Crippen LogP) is 7.04. The molecule has 1 aromatic carbocycles. The number of allylic oxidation sites excluding steroid dienone is 4. The van der Waals surface area contributed by atoms with Crippen LogP contribution in [0.15, 0.2) is 35.9 Å². The molecule has 0 aromatic heterocycles. The quantitative estimate of drug-likeness (QED) is 0.322. The summed E-state index contributed by atoms with van der Waals surface area (Å²) in [7, 11) is 0.750. The Labute approximate surface area is 198 Å². The third kappa shape index (κ3) is 15.6. The second-order valence-electron chi connectivity index (χ2n) is 8.31. The summed E-state index contributed by atoms with van der Waals surface area (Å²) in [5.41, 5.74) is 3.81. The van der Waals surface area contributed by atoms with Gasteiger partial charge in [0.1, 0.15) is 5.75 Å². The molecule has 0 saturated carbocycles. The van der Waals surface area contributed by atoms with Crippen molar-refractivity contribution < 1.29 is 26.8 Å². The molecule has 2 rings (SSSR count). The zero-order chi connectivity index (χ0) is 19.0. The monoisotopic (exact) mass is 464 g/mol. The van der Waals surface area contributed by atoms with Crippen molar-refractivity contribution >= 4 is 34.3 Å². The summed E-state index contributed by atoms with van der Waals surface area (Å²) in [5.74, 6) is 0.368.